The van der Waals surface area contributed by atoms with Crippen LogP contribution in [0, 0.1) is 5.92 Å². The fourth-order valence-electron chi connectivity index (χ4n) is 2.21. The summed E-state index contributed by atoms with van der Waals surface area (Å²) in [6, 6.07) is -0.232. The van der Waals surface area contributed by atoms with E-state index in [0.29, 0.717) is 6.42 Å². The van der Waals surface area contributed by atoms with Crippen molar-refractivity contribution in [3.05, 3.63) is 11.6 Å². The second kappa shape index (κ2) is 6.08. The molecule has 0 saturated heterocycles. The van der Waals surface area contributed by atoms with Crippen LogP contribution in [-0.4, -0.2) is 28.8 Å². The molecule has 19 heavy (non-hydrogen) atoms. The number of hydrogen-bond acceptors (Lipinski definition) is 3. The molecule has 0 heterocycles. The zero-order chi connectivity index (χ0) is 14.6. The number of amides is 1. The third kappa shape index (κ3) is 5.32. The lowest BCUT2D eigenvalue weighted by Crippen LogP contribution is -2.37. The highest BCUT2D eigenvalue weighted by Gasteiger charge is 2.27. The molecule has 0 bridgehead atoms. The van der Waals surface area contributed by atoms with E-state index in [1.807, 2.05) is 13.0 Å². The Balaban J connectivity index is 2.57. The second-order valence-corrected chi connectivity index (χ2v) is 5.96. The molecule has 5 heteroatoms. The Bertz CT molecular complexity index is 381. The molecule has 1 aliphatic carbocycles. The van der Waals surface area contributed by atoms with Crippen LogP contribution in [0.15, 0.2) is 11.6 Å². The van der Waals surface area contributed by atoms with E-state index in [0.717, 1.165) is 18.4 Å². The number of ether oxygens (including phenoxy) is 1. The van der Waals surface area contributed by atoms with Gasteiger partial charge in [0.05, 0.1) is 5.92 Å². The van der Waals surface area contributed by atoms with Gasteiger partial charge in [-0.2, -0.15) is 0 Å². The van der Waals surface area contributed by atoms with E-state index in [-0.39, 0.29) is 6.04 Å². The Morgan fingerprint density at radius 1 is 1.47 bits per heavy atom. The molecule has 5 nitrogen and oxygen atoms in total. The van der Waals surface area contributed by atoms with Gasteiger partial charge >= 0.3 is 12.1 Å². The molecular weight excluding hydrogens is 246 g/mol. The van der Waals surface area contributed by atoms with Crippen LogP contribution in [0.3, 0.4) is 0 Å². The highest BCUT2D eigenvalue weighted by atomic mass is 16.6. The molecule has 2 atom stereocenters. The lowest BCUT2D eigenvalue weighted by atomic mass is 10.0. The molecule has 0 aromatic rings. The molecule has 0 spiro atoms. The number of carboxylic acid groups (broad SMARTS) is 1. The van der Waals surface area contributed by atoms with Gasteiger partial charge in [0.2, 0.25) is 0 Å². The van der Waals surface area contributed by atoms with Gasteiger partial charge in [0.1, 0.15) is 5.60 Å². The normalized spacial score (nSPS) is 23.2. The SMILES string of the molecule is C[C@H](C=C1CCC[C@H]1C(=O)O)NC(=O)OC(C)(C)C. The van der Waals surface area contributed by atoms with Gasteiger partial charge in [-0.05, 0) is 47.0 Å². The minimum atomic E-state index is -0.784. The van der Waals surface area contributed by atoms with Gasteiger partial charge in [0, 0.05) is 6.04 Å². The first-order valence-electron chi connectivity index (χ1n) is 6.62. The van der Waals surface area contributed by atoms with Gasteiger partial charge in [-0.25, -0.2) is 4.79 Å². The predicted molar refractivity (Wildman–Crippen MR) is 71.9 cm³/mol. The zero-order valence-corrected chi connectivity index (χ0v) is 12.0. The number of alkyl carbamates (subject to hydrolysis) is 1. The molecule has 0 unspecified atom stereocenters. The Kier molecular flexibility index (Phi) is 4.97. The van der Waals surface area contributed by atoms with Crippen molar-refractivity contribution in [1.29, 1.82) is 0 Å². The van der Waals surface area contributed by atoms with E-state index >= 15 is 0 Å². The predicted octanol–water partition coefficient (Wildman–Crippen LogP) is 2.71. The van der Waals surface area contributed by atoms with Crippen LogP contribution in [0.4, 0.5) is 4.79 Å². The van der Waals surface area contributed by atoms with Crippen molar-refractivity contribution >= 4 is 12.1 Å². The number of hydrogen-bond donors (Lipinski definition) is 2. The van der Waals surface area contributed by atoms with E-state index in [2.05, 4.69) is 5.32 Å². The molecule has 0 aromatic heterocycles. The second-order valence-electron chi connectivity index (χ2n) is 5.96. The van der Waals surface area contributed by atoms with Crippen molar-refractivity contribution in [1.82, 2.24) is 5.32 Å². The highest BCUT2D eigenvalue weighted by molar-refractivity contribution is 5.74. The minimum Gasteiger partial charge on any atom is -0.481 e. The van der Waals surface area contributed by atoms with Crippen LogP contribution in [-0.2, 0) is 9.53 Å². The van der Waals surface area contributed by atoms with Crippen molar-refractivity contribution in [3.63, 3.8) is 0 Å². The summed E-state index contributed by atoms with van der Waals surface area (Å²) in [6.45, 7) is 7.21. The maximum atomic E-state index is 11.6. The third-order valence-corrected chi connectivity index (χ3v) is 2.91. The van der Waals surface area contributed by atoms with Crippen LogP contribution in [0.25, 0.3) is 0 Å². The van der Waals surface area contributed by atoms with Crippen LogP contribution in [0.1, 0.15) is 47.0 Å². The number of nitrogens with one attached hydrogen (secondary N) is 1. The van der Waals surface area contributed by atoms with Crippen LogP contribution in [0.2, 0.25) is 0 Å². The monoisotopic (exact) mass is 269 g/mol. The molecule has 0 aliphatic heterocycles. The molecule has 1 saturated carbocycles. The zero-order valence-electron chi connectivity index (χ0n) is 12.0. The highest BCUT2D eigenvalue weighted by Crippen LogP contribution is 2.31. The van der Waals surface area contributed by atoms with Crippen molar-refractivity contribution < 1.29 is 19.4 Å². The van der Waals surface area contributed by atoms with Gasteiger partial charge in [0.25, 0.3) is 0 Å². The summed E-state index contributed by atoms with van der Waals surface area (Å²) in [7, 11) is 0. The average molecular weight is 269 g/mol. The summed E-state index contributed by atoms with van der Waals surface area (Å²) >= 11 is 0. The quantitative estimate of drug-likeness (QED) is 0.772. The summed E-state index contributed by atoms with van der Waals surface area (Å²) in [5, 5.41) is 11.8. The third-order valence-electron chi connectivity index (χ3n) is 2.91. The van der Waals surface area contributed by atoms with Gasteiger partial charge in [-0.15, -0.1) is 0 Å². The van der Waals surface area contributed by atoms with Gasteiger partial charge in [-0.3, -0.25) is 4.79 Å². The Morgan fingerprint density at radius 3 is 2.63 bits per heavy atom. The molecule has 1 rings (SSSR count). The molecule has 0 aromatic carbocycles. The average Bonchev–Trinajstić information content (AvgIpc) is 2.61. The smallest absolute Gasteiger partial charge is 0.408 e. The summed E-state index contributed by atoms with van der Waals surface area (Å²) in [4.78, 5) is 22.6. The summed E-state index contributed by atoms with van der Waals surface area (Å²) in [6.07, 6.45) is 3.71. The first-order valence-corrected chi connectivity index (χ1v) is 6.62. The fraction of sp³-hybridized carbons (Fsp3) is 0.714. The summed E-state index contributed by atoms with van der Waals surface area (Å²) in [5.41, 5.74) is 0.365. The first kappa shape index (κ1) is 15.5. The molecule has 2 N–H and O–H groups in total. The molecule has 1 aliphatic rings. The number of rotatable bonds is 3. The molecular formula is C14H23NO4. The molecule has 108 valence electrons. The number of carboxylic acids is 1. The number of carbonyl (C=O) groups excluding carboxylic acids is 1. The van der Waals surface area contributed by atoms with E-state index in [1.54, 1.807) is 20.8 Å². The molecule has 1 fully saturated rings. The van der Waals surface area contributed by atoms with Gasteiger partial charge in [-0.1, -0.05) is 11.6 Å². The lowest BCUT2D eigenvalue weighted by molar-refractivity contribution is -0.140. The minimum absolute atomic E-state index is 0.232. The lowest BCUT2D eigenvalue weighted by Gasteiger charge is -2.21. The summed E-state index contributed by atoms with van der Waals surface area (Å²) < 4.78 is 5.15. The fourth-order valence-corrected chi connectivity index (χ4v) is 2.21. The van der Waals surface area contributed by atoms with Crippen molar-refractivity contribution in [2.24, 2.45) is 5.92 Å². The Labute approximate surface area is 114 Å². The number of carbonyl (C=O) groups is 2. The van der Waals surface area contributed by atoms with Crippen LogP contribution in [0.5, 0.6) is 0 Å². The summed E-state index contributed by atoms with van der Waals surface area (Å²) in [5.74, 6) is -1.18. The topological polar surface area (TPSA) is 75.6 Å². The van der Waals surface area contributed by atoms with Gasteiger partial charge < -0.3 is 15.2 Å². The van der Waals surface area contributed by atoms with E-state index in [9.17, 15) is 9.59 Å². The molecule has 0 radical (unpaired) electrons. The largest absolute Gasteiger partial charge is 0.481 e. The van der Waals surface area contributed by atoms with Crippen molar-refractivity contribution in [3.8, 4) is 0 Å². The number of aliphatic carboxylic acids is 1. The Morgan fingerprint density at radius 2 is 2.11 bits per heavy atom. The van der Waals surface area contributed by atoms with Crippen molar-refractivity contribution in [2.75, 3.05) is 0 Å². The van der Waals surface area contributed by atoms with Crippen LogP contribution < -0.4 is 5.32 Å². The van der Waals surface area contributed by atoms with Crippen molar-refractivity contribution in [2.45, 2.75) is 58.6 Å². The van der Waals surface area contributed by atoms with E-state index < -0.39 is 23.6 Å². The molecule has 1 amide bonds. The van der Waals surface area contributed by atoms with Gasteiger partial charge in [0.15, 0.2) is 0 Å². The standard InChI is InChI=1S/C14H23NO4/c1-9(15-13(18)19-14(2,3)4)8-10-6-5-7-11(10)12(16)17/h8-9,11H,5-7H2,1-4H3,(H,15,18)(H,16,17)/t9-,11-/m1/s1. The maximum Gasteiger partial charge on any atom is 0.408 e. The van der Waals surface area contributed by atoms with E-state index in [4.69, 9.17) is 9.84 Å². The maximum absolute atomic E-state index is 11.6. The first-order chi connectivity index (χ1) is 8.69. The Hall–Kier alpha value is -1.52. The van der Waals surface area contributed by atoms with E-state index in [1.165, 1.54) is 0 Å². The van der Waals surface area contributed by atoms with Crippen LogP contribution >= 0.6 is 0 Å².